The molecule has 2 nitrogen and oxygen atoms in total. The summed E-state index contributed by atoms with van der Waals surface area (Å²) in [6.45, 7) is 2.09. The van der Waals surface area contributed by atoms with Crippen LogP contribution >= 0.6 is 0 Å². The highest BCUT2D eigenvalue weighted by molar-refractivity contribution is 5.22. The molecule has 1 aromatic carbocycles. The van der Waals surface area contributed by atoms with Crippen molar-refractivity contribution in [3.63, 3.8) is 0 Å². The zero-order valence-corrected chi connectivity index (χ0v) is 10.1. The number of rotatable bonds is 4. The highest BCUT2D eigenvalue weighted by Gasteiger charge is 2.34. The van der Waals surface area contributed by atoms with E-state index in [1.54, 1.807) is 6.92 Å². The largest absolute Gasteiger partial charge is 0.389 e. The second kappa shape index (κ2) is 4.90. The smallest absolute Gasteiger partial charge is 0.194 e. The van der Waals surface area contributed by atoms with Gasteiger partial charge in [0.15, 0.2) is 17.5 Å². The van der Waals surface area contributed by atoms with E-state index < -0.39 is 23.1 Å². The summed E-state index contributed by atoms with van der Waals surface area (Å²) in [7, 11) is 0. The summed E-state index contributed by atoms with van der Waals surface area (Å²) >= 11 is 0. The van der Waals surface area contributed by atoms with Crippen LogP contribution in [0.4, 0.5) is 13.2 Å². The van der Waals surface area contributed by atoms with Crippen LogP contribution in [0, 0.1) is 17.5 Å². The third-order valence-corrected chi connectivity index (χ3v) is 3.53. The molecule has 0 heterocycles. The molecule has 2 rings (SSSR count). The molecule has 1 aliphatic carbocycles. The van der Waals surface area contributed by atoms with Crippen molar-refractivity contribution in [3.05, 3.63) is 35.1 Å². The molecule has 0 amide bonds. The van der Waals surface area contributed by atoms with Crippen LogP contribution in [0.25, 0.3) is 0 Å². The Bertz CT molecular complexity index is 423. The van der Waals surface area contributed by atoms with E-state index in [-0.39, 0.29) is 6.04 Å². The molecule has 1 unspecified atom stereocenters. The maximum absolute atomic E-state index is 13.1. The predicted octanol–water partition coefficient (Wildman–Crippen LogP) is 2.67. The highest BCUT2D eigenvalue weighted by atomic mass is 19.2. The molecule has 18 heavy (non-hydrogen) atoms. The zero-order valence-electron chi connectivity index (χ0n) is 10.1. The summed E-state index contributed by atoms with van der Waals surface area (Å²) in [5, 5.41) is 12.9. The minimum atomic E-state index is -1.46. The van der Waals surface area contributed by atoms with Crippen molar-refractivity contribution in [2.24, 2.45) is 0 Å². The topological polar surface area (TPSA) is 32.3 Å². The summed E-state index contributed by atoms with van der Waals surface area (Å²) in [5.74, 6) is -3.84. The Kier molecular flexibility index (Phi) is 3.64. The summed E-state index contributed by atoms with van der Waals surface area (Å²) in [6, 6.07) is 1.60. The van der Waals surface area contributed by atoms with Crippen molar-refractivity contribution in [2.75, 3.05) is 6.54 Å². The van der Waals surface area contributed by atoms with Crippen molar-refractivity contribution in [3.8, 4) is 0 Å². The van der Waals surface area contributed by atoms with Gasteiger partial charge in [-0.1, -0.05) is 0 Å². The Hall–Kier alpha value is -1.07. The SMILES string of the molecule is CC(NCC1(O)CCC1)c1cc(F)c(F)c(F)c1. The molecule has 1 aliphatic rings. The Morgan fingerprint density at radius 1 is 1.28 bits per heavy atom. The maximum atomic E-state index is 13.1. The first kappa shape index (κ1) is 13.4. The van der Waals surface area contributed by atoms with E-state index in [4.69, 9.17) is 0 Å². The van der Waals surface area contributed by atoms with Gasteiger partial charge in [0, 0.05) is 12.6 Å². The van der Waals surface area contributed by atoms with E-state index in [1.165, 1.54) is 0 Å². The van der Waals surface area contributed by atoms with Crippen LogP contribution < -0.4 is 5.32 Å². The van der Waals surface area contributed by atoms with Gasteiger partial charge in [0.25, 0.3) is 0 Å². The predicted molar refractivity (Wildman–Crippen MR) is 61.5 cm³/mol. The lowest BCUT2D eigenvalue weighted by Crippen LogP contribution is -2.46. The minimum Gasteiger partial charge on any atom is -0.389 e. The van der Waals surface area contributed by atoms with Gasteiger partial charge in [-0.3, -0.25) is 0 Å². The Labute approximate surface area is 104 Å². The number of nitrogens with one attached hydrogen (secondary N) is 1. The van der Waals surface area contributed by atoms with Crippen LogP contribution in [0.3, 0.4) is 0 Å². The average molecular weight is 259 g/mol. The van der Waals surface area contributed by atoms with E-state index in [2.05, 4.69) is 5.32 Å². The lowest BCUT2D eigenvalue weighted by atomic mass is 9.80. The molecule has 0 bridgehead atoms. The van der Waals surface area contributed by atoms with Crippen LogP contribution in [-0.4, -0.2) is 17.3 Å². The van der Waals surface area contributed by atoms with Crippen molar-refractivity contribution in [2.45, 2.75) is 37.8 Å². The van der Waals surface area contributed by atoms with Crippen LogP contribution in [0.1, 0.15) is 37.8 Å². The fourth-order valence-electron chi connectivity index (χ4n) is 2.05. The first-order valence-electron chi connectivity index (χ1n) is 6.01. The zero-order chi connectivity index (χ0) is 13.3. The molecule has 1 aromatic rings. The molecule has 0 spiro atoms. The van der Waals surface area contributed by atoms with Crippen molar-refractivity contribution in [1.29, 1.82) is 0 Å². The first-order chi connectivity index (χ1) is 8.41. The Morgan fingerprint density at radius 2 is 1.83 bits per heavy atom. The molecule has 0 aromatic heterocycles. The Morgan fingerprint density at radius 3 is 2.28 bits per heavy atom. The fourth-order valence-corrected chi connectivity index (χ4v) is 2.05. The van der Waals surface area contributed by atoms with Crippen LogP contribution in [-0.2, 0) is 0 Å². The van der Waals surface area contributed by atoms with E-state index >= 15 is 0 Å². The fraction of sp³-hybridized carbons (Fsp3) is 0.538. The van der Waals surface area contributed by atoms with Gasteiger partial charge in [-0.05, 0) is 43.9 Å². The Balaban J connectivity index is 2.02. The third-order valence-electron chi connectivity index (χ3n) is 3.53. The van der Waals surface area contributed by atoms with Gasteiger partial charge in [-0.25, -0.2) is 13.2 Å². The molecule has 2 N–H and O–H groups in total. The summed E-state index contributed by atoms with van der Waals surface area (Å²) in [4.78, 5) is 0. The molecule has 1 fully saturated rings. The molecule has 1 atom stereocenters. The molecule has 0 saturated heterocycles. The third kappa shape index (κ3) is 2.67. The van der Waals surface area contributed by atoms with Gasteiger partial charge < -0.3 is 10.4 Å². The number of hydrogen-bond acceptors (Lipinski definition) is 2. The quantitative estimate of drug-likeness (QED) is 0.815. The lowest BCUT2D eigenvalue weighted by molar-refractivity contribution is -0.0329. The van der Waals surface area contributed by atoms with Crippen molar-refractivity contribution >= 4 is 0 Å². The lowest BCUT2D eigenvalue weighted by Gasteiger charge is -2.37. The monoisotopic (exact) mass is 259 g/mol. The molecular weight excluding hydrogens is 243 g/mol. The van der Waals surface area contributed by atoms with E-state index in [9.17, 15) is 18.3 Å². The van der Waals surface area contributed by atoms with Gasteiger partial charge in [0.1, 0.15) is 0 Å². The van der Waals surface area contributed by atoms with Crippen LogP contribution in [0.5, 0.6) is 0 Å². The van der Waals surface area contributed by atoms with Gasteiger partial charge >= 0.3 is 0 Å². The van der Waals surface area contributed by atoms with E-state index in [0.29, 0.717) is 12.1 Å². The van der Waals surface area contributed by atoms with E-state index in [1.807, 2.05) is 0 Å². The molecule has 1 saturated carbocycles. The highest BCUT2D eigenvalue weighted by Crippen LogP contribution is 2.31. The van der Waals surface area contributed by atoms with Gasteiger partial charge in [-0.2, -0.15) is 0 Å². The normalized spacial score (nSPS) is 19.4. The summed E-state index contributed by atoms with van der Waals surface area (Å²) in [5.41, 5.74) is -0.375. The van der Waals surface area contributed by atoms with Crippen LogP contribution in [0.2, 0.25) is 0 Å². The molecule has 5 heteroatoms. The van der Waals surface area contributed by atoms with Crippen molar-refractivity contribution < 1.29 is 18.3 Å². The number of hydrogen-bond donors (Lipinski definition) is 2. The molecule has 100 valence electrons. The molecule has 0 aliphatic heterocycles. The second-order valence-corrected chi connectivity index (χ2v) is 4.98. The number of halogens is 3. The van der Waals surface area contributed by atoms with Crippen molar-refractivity contribution in [1.82, 2.24) is 5.32 Å². The van der Waals surface area contributed by atoms with Gasteiger partial charge in [-0.15, -0.1) is 0 Å². The maximum Gasteiger partial charge on any atom is 0.194 e. The molecule has 0 radical (unpaired) electrons. The summed E-state index contributed by atoms with van der Waals surface area (Å²) < 4.78 is 38.9. The number of benzene rings is 1. The minimum absolute atomic E-state index is 0.328. The van der Waals surface area contributed by atoms with Crippen LogP contribution in [0.15, 0.2) is 12.1 Å². The summed E-state index contributed by atoms with van der Waals surface area (Å²) in [6.07, 6.45) is 2.46. The van der Waals surface area contributed by atoms with E-state index in [0.717, 1.165) is 31.4 Å². The van der Waals surface area contributed by atoms with Gasteiger partial charge in [0.05, 0.1) is 5.60 Å². The second-order valence-electron chi connectivity index (χ2n) is 4.98. The van der Waals surface area contributed by atoms with Gasteiger partial charge in [0.2, 0.25) is 0 Å². The first-order valence-corrected chi connectivity index (χ1v) is 6.01. The molecular formula is C13H16F3NO. The average Bonchev–Trinajstić information content (AvgIpc) is 2.30. The standard InChI is InChI=1S/C13H16F3NO/c1-8(17-7-13(18)3-2-4-13)9-5-10(14)12(16)11(15)6-9/h5-6,8,17-18H,2-4,7H2,1H3. The number of aliphatic hydroxyl groups is 1.